The molecule has 4 aliphatic carbocycles. The zero-order valence-electron chi connectivity index (χ0n) is 15.7. The van der Waals surface area contributed by atoms with Gasteiger partial charge in [-0.05, 0) is 87.5 Å². The number of carbonyl (C=O) groups is 1. The molecular formula is C21H26N4OS. The Morgan fingerprint density at radius 3 is 2.33 bits per heavy atom. The summed E-state index contributed by atoms with van der Waals surface area (Å²) in [7, 11) is 0. The molecule has 0 unspecified atom stereocenters. The van der Waals surface area contributed by atoms with Gasteiger partial charge in [0.2, 0.25) is 5.91 Å². The van der Waals surface area contributed by atoms with Crippen LogP contribution in [0, 0.1) is 24.7 Å². The Morgan fingerprint density at radius 1 is 1.15 bits per heavy atom. The molecule has 1 aromatic heterocycles. The third-order valence-corrected chi connectivity index (χ3v) is 8.03. The summed E-state index contributed by atoms with van der Waals surface area (Å²) in [6, 6.07) is 7.75. The highest BCUT2D eigenvalue weighted by atomic mass is 32.2. The van der Waals surface area contributed by atoms with Gasteiger partial charge in [0, 0.05) is 16.0 Å². The fourth-order valence-electron chi connectivity index (χ4n) is 5.80. The lowest BCUT2D eigenvalue weighted by Gasteiger charge is -2.56. The van der Waals surface area contributed by atoms with Crippen LogP contribution in [-0.4, -0.2) is 31.6 Å². The van der Waals surface area contributed by atoms with Gasteiger partial charge in [0.05, 0.1) is 5.75 Å². The van der Waals surface area contributed by atoms with Crippen LogP contribution in [0.3, 0.4) is 0 Å². The average Bonchev–Trinajstić information content (AvgIpc) is 3.06. The van der Waals surface area contributed by atoms with Crippen LogP contribution in [0.4, 0.5) is 5.69 Å². The van der Waals surface area contributed by atoms with Crippen molar-refractivity contribution >= 4 is 23.4 Å². The van der Waals surface area contributed by atoms with Gasteiger partial charge in [-0.1, -0.05) is 0 Å². The minimum atomic E-state index is 0.109. The molecule has 4 saturated carbocycles. The summed E-state index contributed by atoms with van der Waals surface area (Å²) in [5.41, 5.74) is 1.78. The molecule has 142 valence electrons. The van der Waals surface area contributed by atoms with Crippen molar-refractivity contribution in [3.05, 3.63) is 30.1 Å². The molecular weight excluding hydrogens is 356 g/mol. The summed E-state index contributed by atoms with van der Waals surface area (Å²) in [5.74, 6) is 4.94. The van der Waals surface area contributed by atoms with Gasteiger partial charge < -0.3 is 5.32 Å². The number of hydrogen-bond acceptors (Lipinski definition) is 4. The monoisotopic (exact) mass is 382 g/mol. The summed E-state index contributed by atoms with van der Waals surface area (Å²) in [4.78, 5) is 16.8. The van der Waals surface area contributed by atoms with Crippen LogP contribution in [0.1, 0.15) is 44.3 Å². The molecule has 4 aliphatic rings. The van der Waals surface area contributed by atoms with Crippen molar-refractivity contribution in [2.45, 2.75) is 50.2 Å². The van der Waals surface area contributed by atoms with Crippen molar-refractivity contribution in [3.63, 3.8) is 0 Å². The third-order valence-electron chi connectivity index (χ3n) is 6.52. The Kier molecular flexibility index (Phi) is 4.26. The zero-order chi connectivity index (χ0) is 18.4. The SMILES string of the molecule is Cc1nc(-c2ccc(NC(=O)CSC34CC5CC(CC(C5)C3)C4)cc2)n[nH]1. The molecule has 6 heteroatoms. The first-order chi connectivity index (χ1) is 13.1. The van der Waals surface area contributed by atoms with E-state index in [1.54, 1.807) is 0 Å². The minimum absolute atomic E-state index is 0.109. The highest BCUT2D eigenvalue weighted by Crippen LogP contribution is 2.60. The zero-order valence-corrected chi connectivity index (χ0v) is 16.5. The highest BCUT2D eigenvalue weighted by molar-refractivity contribution is 8.01. The number of anilines is 1. The first-order valence-corrected chi connectivity index (χ1v) is 11.0. The predicted octanol–water partition coefficient (Wildman–Crippen LogP) is 4.42. The van der Waals surface area contributed by atoms with E-state index in [-0.39, 0.29) is 5.91 Å². The lowest BCUT2D eigenvalue weighted by Crippen LogP contribution is -2.49. The molecule has 1 aromatic carbocycles. The summed E-state index contributed by atoms with van der Waals surface area (Å²) in [5, 5.41) is 10.1. The minimum Gasteiger partial charge on any atom is -0.325 e. The number of aromatic nitrogens is 3. The molecule has 6 rings (SSSR count). The van der Waals surface area contributed by atoms with Gasteiger partial charge in [-0.2, -0.15) is 5.10 Å². The van der Waals surface area contributed by atoms with Gasteiger partial charge in [0.25, 0.3) is 0 Å². The summed E-state index contributed by atoms with van der Waals surface area (Å²) >= 11 is 1.93. The van der Waals surface area contributed by atoms with Crippen LogP contribution in [-0.2, 0) is 4.79 Å². The fourth-order valence-corrected chi connectivity index (χ4v) is 7.37. The number of thioether (sulfide) groups is 1. The van der Waals surface area contributed by atoms with Gasteiger partial charge in [-0.3, -0.25) is 9.89 Å². The predicted molar refractivity (Wildman–Crippen MR) is 109 cm³/mol. The summed E-state index contributed by atoms with van der Waals surface area (Å²) in [6.07, 6.45) is 8.35. The molecule has 0 atom stereocenters. The van der Waals surface area contributed by atoms with Crippen molar-refractivity contribution in [3.8, 4) is 11.4 Å². The number of H-pyrrole nitrogens is 1. The molecule has 1 heterocycles. The summed E-state index contributed by atoms with van der Waals surface area (Å²) < 4.78 is 0.388. The second-order valence-corrected chi connectivity index (χ2v) is 10.2. The molecule has 27 heavy (non-hydrogen) atoms. The first kappa shape index (κ1) is 17.3. The number of carbonyl (C=O) groups excluding carboxylic acids is 1. The fraction of sp³-hybridized carbons (Fsp3) is 0.571. The summed E-state index contributed by atoms with van der Waals surface area (Å²) in [6.45, 7) is 1.88. The number of benzene rings is 1. The maximum absolute atomic E-state index is 12.5. The largest absolute Gasteiger partial charge is 0.325 e. The van der Waals surface area contributed by atoms with Crippen molar-refractivity contribution in [1.82, 2.24) is 15.2 Å². The number of amides is 1. The topological polar surface area (TPSA) is 70.7 Å². The standard InChI is InChI=1S/C21H26N4OS/c1-13-22-20(25-24-13)17-2-4-18(5-3-17)23-19(26)12-27-21-9-14-6-15(10-21)8-16(7-14)11-21/h2-5,14-16H,6-12H2,1H3,(H,23,26)(H,22,24,25). The molecule has 4 bridgehead atoms. The molecule has 0 aliphatic heterocycles. The highest BCUT2D eigenvalue weighted by Gasteiger charge is 2.51. The van der Waals surface area contributed by atoms with Gasteiger partial charge in [-0.15, -0.1) is 11.8 Å². The maximum Gasteiger partial charge on any atom is 0.234 e. The Morgan fingerprint density at radius 2 is 1.78 bits per heavy atom. The number of rotatable bonds is 5. The van der Waals surface area contributed by atoms with E-state index in [9.17, 15) is 4.79 Å². The van der Waals surface area contributed by atoms with Gasteiger partial charge >= 0.3 is 0 Å². The molecule has 0 radical (unpaired) electrons. The van der Waals surface area contributed by atoms with E-state index in [1.807, 2.05) is 43.0 Å². The maximum atomic E-state index is 12.5. The molecule has 2 N–H and O–H groups in total. The average molecular weight is 383 g/mol. The number of nitrogens with one attached hydrogen (secondary N) is 2. The lowest BCUT2D eigenvalue weighted by atomic mass is 9.56. The van der Waals surface area contributed by atoms with Crippen LogP contribution in [0.2, 0.25) is 0 Å². The van der Waals surface area contributed by atoms with Crippen molar-refractivity contribution in [1.29, 1.82) is 0 Å². The molecule has 2 aromatic rings. The smallest absolute Gasteiger partial charge is 0.234 e. The van der Waals surface area contributed by atoms with Gasteiger partial charge in [-0.25, -0.2) is 4.98 Å². The number of hydrogen-bond donors (Lipinski definition) is 2. The molecule has 1 amide bonds. The van der Waals surface area contributed by atoms with Crippen LogP contribution >= 0.6 is 11.8 Å². The second kappa shape index (κ2) is 6.66. The number of aryl methyl sites for hydroxylation is 1. The van der Waals surface area contributed by atoms with Crippen LogP contribution in [0.15, 0.2) is 24.3 Å². The molecule has 0 spiro atoms. The Labute approximate surface area is 164 Å². The van der Waals surface area contributed by atoms with E-state index in [1.165, 1.54) is 38.5 Å². The van der Waals surface area contributed by atoms with E-state index < -0.39 is 0 Å². The van der Waals surface area contributed by atoms with Crippen molar-refractivity contribution in [2.24, 2.45) is 17.8 Å². The van der Waals surface area contributed by atoms with Crippen LogP contribution < -0.4 is 5.32 Å². The van der Waals surface area contributed by atoms with Crippen LogP contribution in [0.25, 0.3) is 11.4 Å². The number of nitrogens with zero attached hydrogens (tertiary/aromatic N) is 2. The van der Waals surface area contributed by atoms with E-state index in [0.717, 1.165) is 34.8 Å². The Bertz CT molecular complexity index is 809. The van der Waals surface area contributed by atoms with Gasteiger partial charge in [0.1, 0.15) is 5.82 Å². The second-order valence-electron chi connectivity index (χ2n) is 8.76. The Balaban J connectivity index is 1.18. The molecule has 0 saturated heterocycles. The lowest BCUT2D eigenvalue weighted by molar-refractivity contribution is -0.113. The van der Waals surface area contributed by atoms with E-state index in [0.29, 0.717) is 16.3 Å². The quantitative estimate of drug-likeness (QED) is 0.803. The van der Waals surface area contributed by atoms with E-state index in [2.05, 4.69) is 20.5 Å². The number of aromatic amines is 1. The first-order valence-electron chi connectivity index (χ1n) is 10.0. The molecule has 5 nitrogen and oxygen atoms in total. The Hall–Kier alpha value is -1.82. The van der Waals surface area contributed by atoms with Gasteiger partial charge in [0.15, 0.2) is 5.82 Å². The third kappa shape index (κ3) is 3.51. The van der Waals surface area contributed by atoms with E-state index in [4.69, 9.17) is 0 Å². The van der Waals surface area contributed by atoms with Crippen molar-refractivity contribution < 1.29 is 4.79 Å². The van der Waals surface area contributed by atoms with E-state index >= 15 is 0 Å². The molecule has 4 fully saturated rings. The van der Waals surface area contributed by atoms with Crippen LogP contribution in [0.5, 0.6) is 0 Å². The van der Waals surface area contributed by atoms with Crippen molar-refractivity contribution in [2.75, 3.05) is 11.1 Å². The normalized spacial score (nSPS) is 31.2.